The summed E-state index contributed by atoms with van der Waals surface area (Å²) >= 11 is 0. The molecular formula is C16H23NO. The zero-order valence-corrected chi connectivity index (χ0v) is 11.7. The predicted octanol–water partition coefficient (Wildman–Crippen LogP) is 3.17. The number of methoxy groups -OCH3 is 1. The summed E-state index contributed by atoms with van der Waals surface area (Å²) in [6, 6.07) is 7.89. The second kappa shape index (κ2) is 8.60. The highest BCUT2D eigenvalue weighted by Crippen LogP contribution is 2.15. The molecule has 0 saturated heterocycles. The molecule has 1 aromatic rings. The first kappa shape index (κ1) is 14.6. The van der Waals surface area contributed by atoms with Gasteiger partial charge in [-0.25, -0.2) is 0 Å². The second-order valence-electron chi connectivity index (χ2n) is 4.28. The van der Waals surface area contributed by atoms with Crippen LogP contribution >= 0.6 is 0 Å². The van der Waals surface area contributed by atoms with Gasteiger partial charge < -0.3 is 4.74 Å². The van der Waals surface area contributed by atoms with Crippen molar-refractivity contribution in [1.82, 2.24) is 4.90 Å². The molecule has 1 aromatic carbocycles. The summed E-state index contributed by atoms with van der Waals surface area (Å²) in [6.45, 7) is 7.48. The van der Waals surface area contributed by atoms with Gasteiger partial charge in [0.15, 0.2) is 0 Å². The number of ether oxygens (including phenoxy) is 1. The Morgan fingerprint density at radius 1 is 1.11 bits per heavy atom. The van der Waals surface area contributed by atoms with E-state index < -0.39 is 0 Å². The first-order chi connectivity index (χ1) is 8.81. The number of benzene rings is 1. The minimum atomic E-state index is 0.833. The molecule has 0 spiro atoms. The number of hydrogen-bond donors (Lipinski definition) is 0. The van der Waals surface area contributed by atoms with Crippen LogP contribution in [0.25, 0.3) is 0 Å². The second-order valence-corrected chi connectivity index (χ2v) is 4.28. The largest absolute Gasteiger partial charge is 0.495 e. The van der Waals surface area contributed by atoms with Gasteiger partial charge in [0.1, 0.15) is 5.75 Å². The zero-order chi connectivity index (χ0) is 13.2. The molecule has 2 heteroatoms. The normalized spacial score (nSPS) is 10.0. The minimum Gasteiger partial charge on any atom is -0.495 e. The summed E-state index contributed by atoms with van der Waals surface area (Å²) in [6.07, 6.45) is 2.35. The van der Waals surface area contributed by atoms with Crippen LogP contribution in [0, 0.1) is 11.8 Å². The monoisotopic (exact) mass is 245 g/mol. The van der Waals surface area contributed by atoms with Crippen molar-refractivity contribution >= 4 is 0 Å². The fourth-order valence-corrected chi connectivity index (χ4v) is 1.90. The highest BCUT2D eigenvalue weighted by molar-refractivity contribution is 5.45. The molecule has 0 saturated carbocycles. The fourth-order valence-electron chi connectivity index (χ4n) is 1.90. The standard InChI is InChI=1S/C16H23NO/c1-4-12-17(13-5-2)14-8-10-15-9-6-7-11-16(15)18-3/h6-7,9,11H,4-5,12-14H2,1-3H3. The fraction of sp³-hybridized carbons (Fsp3) is 0.500. The van der Waals surface area contributed by atoms with Crippen molar-refractivity contribution in [1.29, 1.82) is 0 Å². The molecule has 0 aromatic heterocycles. The van der Waals surface area contributed by atoms with Crippen molar-refractivity contribution in [3.63, 3.8) is 0 Å². The maximum atomic E-state index is 5.28. The SMILES string of the molecule is CCCN(CC#Cc1ccccc1OC)CCC. The third kappa shape index (κ3) is 4.81. The molecule has 1 rings (SSSR count). The lowest BCUT2D eigenvalue weighted by Gasteiger charge is -2.17. The van der Waals surface area contributed by atoms with E-state index in [1.165, 1.54) is 12.8 Å². The van der Waals surface area contributed by atoms with Crippen molar-refractivity contribution in [2.45, 2.75) is 26.7 Å². The van der Waals surface area contributed by atoms with Crippen LogP contribution in [0.5, 0.6) is 5.75 Å². The van der Waals surface area contributed by atoms with E-state index in [9.17, 15) is 0 Å². The number of para-hydroxylation sites is 1. The Hall–Kier alpha value is -1.46. The molecule has 0 heterocycles. The van der Waals surface area contributed by atoms with E-state index in [-0.39, 0.29) is 0 Å². The van der Waals surface area contributed by atoms with E-state index in [0.717, 1.165) is 30.9 Å². The Labute approximate surface area is 111 Å². The molecule has 98 valence electrons. The van der Waals surface area contributed by atoms with Gasteiger partial charge in [-0.15, -0.1) is 0 Å². The number of rotatable bonds is 6. The van der Waals surface area contributed by atoms with Crippen LogP contribution in [-0.4, -0.2) is 31.6 Å². The molecule has 0 aliphatic heterocycles. The molecule has 0 aliphatic carbocycles. The van der Waals surface area contributed by atoms with Crippen molar-refractivity contribution in [2.24, 2.45) is 0 Å². The van der Waals surface area contributed by atoms with Crippen LogP contribution < -0.4 is 4.74 Å². The molecule has 18 heavy (non-hydrogen) atoms. The first-order valence-corrected chi connectivity index (χ1v) is 6.66. The van der Waals surface area contributed by atoms with E-state index in [1.807, 2.05) is 24.3 Å². The highest BCUT2D eigenvalue weighted by Gasteiger charge is 2.00. The zero-order valence-electron chi connectivity index (χ0n) is 11.7. The summed E-state index contributed by atoms with van der Waals surface area (Å²) in [4.78, 5) is 2.39. The van der Waals surface area contributed by atoms with Crippen LogP contribution in [0.3, 0.4) is 0 Å². The quantitative estimate of drug-likeness (QED) is 0.714. The Kier molecular flexibility index (Phi) is 6.98. The van der Waals surface area contributed by atoms with Crippen molar-refractivity contribution < 1.29 is 4.74 Å². The van der Waals surface area contributed by atoms with Crippen LogP contribution in [0.1, 0.15) is 32.3 Å². The number of hydrogen-bond acceptors (Lipinski definition) is 2. The maximum absolute atomic E-state index is 5.28. The summed E-state index contributed by atoms with van der Waals surface area (Å²) in [5.41, 5.74) is 0.966. The van der Waals surface area contributed by atoms with Gasteiger partial charge >= 0.3 is 0 Å². The summed E-state index contributed by atoms with van der Waals surface area (Å²) in [5.74, 6) is 7.29. The van der Waals surface area contributed by atoms with Gasteiger partial charge in [0.25, 0.3) is 0 Å². The molecule has 0 aliphatic rings. The predicted molar refractivity (Wildman–Crippen MR) is 76.9 cm³/mol. The van der Waals surface area contributed by atoms with Gasteiger partial charge in [0, 0.05) is 0 Å². The van der Waals surface area contributed by atoms with Crippen LogP contribution in [-0.2, 0) is 0 Å². The topological polar surface area (TPSA) is 12.5 Å². The Bertz CT molecular complexity index is 397. The summed E-state index contributed by atoms with van der Waals surface area (Å²) in [7, 11) is 1.68. The Balaban J connectivity index is 2.63. The van der Waals surface area contributed by atoms with Crippen molar-refractivity contribution in [3.8, 4) is 17.6 Å². The molecule has 0 amide bonds. The molecule has 0 bridgehead atoms. The summed E-state index contributed by atoms with van der Waals surface area (Å²) in [5, 5.41) is 0. The molecule has 0 atom stereocenters. The summed E-state index contributed by atoms with van der Waals surface area (Å²) < 4.78 is 5.28. The third-order valence-electron chi connectivity index (χ3n) is 2.71. The maximum Gasteiger partial charge on any atom is 0.134 e. The first-order valence-electron chi connectivity index (χ1n) is 6.66. The average Bonchev–Trinajstić information content (AvgIpc) is 2.40. The lowest BCUT2D eigenvalue weighted by Crippen LogP contribution is -2.25. The van der Waals surface area contributed by atoms with Gasteiger partial charge in [-0.3, -0.25) is 4.90 Å². The minimum absolute atomic E-state index is 0.833. The van der Waals surface area contributed by atoms with E-state index in [2.05, 4.69) is 30.6 Å². The lowest BCUT2D eigenvalue weighted by molar-refractivity contribution is 0.308. The van der Waals surface area contributed by atoms with Gasteiger partial charge in [0.05, 0.1) is 19.2 Å². The van der Waals surface area contributed by atoms with Gasteiger partial charge in [-0.05, 0) is 38.1 Å². The molecule has 0 radical (unpaired) electrons. The van der Waals surface area contributed by atoms with Gasteiger partial charge in [0.2, 0.25) is 0 Å². The average molecular weight is 245 g/mol. The number of nitrogens with zero attached hydrogens (tertiary/aromatic N) is 1. The van der Waals surface area contributed by atoms with E-state index in [1.54, 1.807) is 7.11 Å². The molecule has 2 nitrogen and oxygen atoms in total. The highest BCUT2D eigenvalue weighted by atomic mass is 16.5. The molecule has 0 fully saturated rings. The van der Waals surface area contributed by atoms with Crippen LogP contribution in [0.2, 0.25) is 0 Å². The van der Waals surface area contributed by atoms with Gasteiger partial charge in [-0.2, -0.15) is 0 Å². The molecular weight excluding hydrogens is 222 g/mol. The van der Waals surface area contributed by atoms with Crippen molar-refractivity contribution in [2.75, 3.05) is 26.7 Å². The smallest absolute Gasteiger partial charge is 0.134 e. The molecule has 0 N–H and O–H groups in total. The lowest BCUT2D eigenvalue weighted by atomic mass is 10.2. The van der Waals surface area contributed by atoms with E-state index in [0.29, 0.717) is 0 Å². The van der Waals surface area contributed by atoms with Crippen LogP contribution in [0.4, 0.5) is 0 Å². The van der Waals surface area contributed by atoms with E-state index in [4.69, 9.17) is 4.74 Å². The van der Waals surface area contributed by atoms with Gasteiger partial charge in [-0.1, -0.05) is 37.8 Å². The molecule has 0 unspecified atom stereocenters. The van der Waals surface area contributed by atoms with Crippen LogP contribution in [0.15, 0.2) is 24.3 Å². The Morgan fingerprint density at radius 3 is 2.39 bits per heavy atom. The van der Waals surface area contributed by atoms with Crippen molar-refractivity contribution in [3.05, 3.63) is 29.8 Å². The Morgan fingerprint density at radius 2 is 1.78 bits per heavy atom. The third-order valence-corrected chi connectivity index (χ3v) is 2.71. The van der Waals surface area contributed by atoms with E-state index >= 15 is 0 Å².